The Bertz CT molecular complexity index is 256. The fourth-order valence-corrected chi connectivity index (χ4v) is 2.15. The second-order valence-electron chi connectivity index (χ2n) is 4.87. The van der Waals surface area contributed by atoms with Crippen LogP contribution in [0.15, 0.2) is 12.2 Å². The highest BCUT2D eigenvalue weighted by molar-refractivity contribution is 4.88. The number of rotatable bonds is 9. The number of aliphatic hydroxyl groups excluding tert-OH is 3. The molecule has 0 bridgehead atoms. The van der Waals surface area contributed by atoms with Gasteiger partial charge in [-0.2, -0.15) is 0 Å². The lowest BCUT2D eigenvalue weighted by molar-refractivity contribution is -0.0730. The summed E-state index contributed by atoms with van der Waals surface area (Å²) in [4.78, 5) is 0. The first kappa shape index (κ1) is 16.6. The molecular weight excluding hydrogens is 248 g/mol. The fourth-order valence-electron chi connectivity index (χ4n) is 2.15. The lowest BCUT2D eigenvalue weighted by Gasteiger charge is -2.20. The van der Waals surface area contributed by atoms with Crippen LogP contribution in [0.5, 0.6) is 0 Å². The van der Waals surface area contributed by atoms with Gasteiger partial charge in [-0.3, -0.25) is 0 Å². The Kier molecular flexibility index (Phi) is 8.25. The Morgan fingerprint density at radius 2 is 2.16 bits per heavy atom. The third-order valence-corrected chi connectivity index (χ3v) is 3.32. The van der Waals surface area contributed by atoms with Crippen LogP contribution in [-0.2, 0) is 9.47 Å². The molecule has 0 spiro atoms. The zero-order chi connectivity index (χ0) is 14.1. The van der Waals surface area contributed by atoms with E-state index < -0.39 is 31.0 Å². The Morgan fingerprint density at radius 3 is 2.84 bits per heavy atom. The molecule has 112 valence electrons. The molecule has 0 unspecified atom stereocenters. The van der Waals surface area contributed by atoms with Crippen molar-refractivity contribution in [1.82, 2.24) is 0 Å². The van der Waals surface area contributed by atoms with Gasteiger partial charge in [-0.15, -0.1) is 0 Å². The summed E-state index contributed by atoms with van der Waals surface area (Å²) in [5, 5.41) is 28.2. The third kappa shape index (κ3) is 5.58. The van der Waals surface area contributed by atoms with Crippen molar-refractivity contribution in [2.45, 2.75) is 57.0 Å². The van der Waals surface area contributed by atoms with E-state index in [9.17, 15) is 10.2 Å². The van der Waals surface area contributed by atoms with Crippen LogP contribution in [0.3, 0.4) is 0 Å². The van der Waals surface area contributed by atoms with Gasteiger partial charge in [0, 0.05) is 6.61 Å². The molecule has 0 amide bonds. The van der Waals surface area contributed by atoms with Crippen molar-refractivity contribution in [2.75, 3.05) is 19.8 Å². The molecular formula is C14H26O5. The van der Waals surface area contributed by atoms with Gasteiger partial charge in [0.1, 0.15) is 24.4 Å². The molecule has 1 rings (SSSR count). The van der Waals surface area contributed by atoms with Crippen LogP contribution in [-0.4, -0.2) is 59.6 Å². The largest absolute Gasteiger partial charge is 0.394 e. The van der Waals surface area contributed by atoms with Gasteiger partial charge in [0.2, 0.25) is 0 Å². The van der Waals surface area contributed by atoms with E-state index in [1.807, 2.05) is 6.92 Å². The summed E-state index contributed by atoms with van der Waals surface area (Å²) in [7, 11) is 0. The van der Waals surface area contributed by atoms with Gasteiger partial charge in [-0.25, -0.2) is 0 Å². The van der Waals surface area contributed by atoms with Gasteiger partial charge in [0.15, 0.2) is 0 Å². The first-order valence-electron chi connectivity index (χ1n) is 7.02. The summed E-state index contributed by atoms with van der Waals surface area (Å²) in [6.07, 6.45) is 5.41. The van der Waals surface area contributed by atoms with Crippen LogP contribution < -0.4 is 0 Å². The third-order valence-electron chi connectivity index (χ3n) is 3.32. The number of unbranched alkanes of at least 4 members (excludes halogenated alkanes) is 3. The van der Waals surface area contributed by atoms with Gasteiger partial charge in [-0.1, -0.05) is 18.6 Å². The summed E-state index contributed by atoms with van der Waals surface area (Å²) in [5.41, 5.74) is 0. The van der Waals surface area contributed by atoms with Crippen molar-refractivity contribution < 1.29 is 24.8 Å². The van der Waals surface area contributed by atoms with Crippen LogP contribution in [0, 0.1) is 0 Å². The Hall–Kier alpha value is -0.460. The van der Waals surface area contributed by atoms with E-state index in [1.165, 1.54) is 0 Å². The number of allylic oxidation sites excluding steroid dienone is 2. The first-order chi connectivity index (χ1) is 9.20. The molecule has 1 saturated heterocycles. The average molecular weight is 274 g/mol. The number of hydrogen-bond donors (Lipinski definition) is 3. The highest BCUT2D eigenvalue weighted by atomic mass is 16.6. The molecule has 19 heavy (non-hydrogen) atoms. The second-order valence-corrected chi connectivity index (χ2v) is 4.87. The number of aliphatic hydroxyl groups is 3. The van der Waals surface area contributed by atoms with Gasteiger partial charge in [0.05, 0.1) is 13.2 Å². The summed E-state index contributed by atoms with van der Waals surface area (Å²) in [6, 6.07) is 0. The Labute approximate surface area is 114 Å². The lowest BCUT2D eigenvalue weighted by atomic mass is 10.1. The zero-order valence-electron chi connectivity index (χ0n) is 11.6. The summed E-state index contributed by atoms with van der Waals surface area (Å²) < 4.78 is 10.8. The van der Waals surface area contributed by atoms with Crippen molar-refractivity contribution in [1.29, 1.82) is 0 Å². The predicted molar refractivity (Wildman–Crippen MR) is 71.9 cm³/mol. The maximum atomic E-state index is 9.89. The van der Waals surface area contributed by atoms with Crippen molar-refractivity contribution in [3.05, 3.63) is 12.2 Å². The van der Waals surface area contributed by atoms with E-state index in [0.717, 1.165) is 25.7 Å². The van der Waals surface area contributed by atoms with Gasteiger partial charge < -0.3 is 24.8 Å². The van der Waals surface area contributed by atoms with Crippen LogP contribution >= 0.6 is 0 Å². The summed E-state index contributed by atoms with van der Waals surface area (Å²) in [5.74, 6) is 0. The molecule has 5 nitrogen and oxygen atoms in total. The minimum Gasteiger partial charge on any atom is -0.394 e. The fraction of sp³-hybridized carbons (Fsp3) is 0.857. The first-order valence-corrected chi connectivity index (χ1v) is 7.02. The van der Waals surface area contributed by atoms with Gasteiger partial charge in [0.25, 0.3) is 0 Å². The quantitative estimate of drug-likeness (QED) is 0.424. The highest BCUT2D eigenvalue weighted by Crippen LogP contribution is 2.20. The molecule has 0 aromatic heterocycles. The molecule has 1 aliphatic heterocycles. The maximum absolute atomic E-state index is 9.89. The Morgan fingerprint density at radius 1 is 1.37 bits per heavy atom. The van der Waals surface area contributed by atoms with Gasteiger partial charge >= 0.3 is 0 Å². The smallest absolute Gasteiger partial charge is 0.114 e. The van der Waals surface area contributed by atoms with Gasteiger partial charge in [-0.05, 0) is 26.2 Å². The topological polar surface area (TPSA) is 79.2 Å². The molecule has 0 radical (unpaired) electrons. The normalized spacial score (nSPS) is 29.2. The second kappa shape index (κ2) is 9.44. The van der Waals surface area contributed by atoms with Crippen molar-refractivity contribution >= 4 is 0 Å². The summed E-state index contributed by atoms with van der Waals surface area (Å²) >= 11 is 0. The summed E-state index contributed by atoms with van der Waals surface area (Å²) in [6.45, 7) is 2.45. The molecule has 1 heterocycles. The van der Waals surface area contributed by atoms with Crippen molar-refractivity contribution in [2.24, 2.45) is 0 Å². The number of hydrogen-bond acceptors (Lipinski definition) is 5. The van der Waals surface area contributed by atoms with Crippen LogP contribution in [0.1, 0.15) is 32.6 Å². The molecule has 5 heteroatoms. The zero-order valence-corrected chi connectivity index (χ0v) is 11.6. The average Bonchev–Trinajstić information content (AvgIpc) is 2.78. The van der Waals surface area contributed by atoms with E-state index in [-0.39, 0.29) is 6.61 Å². The molecule has 0 aliphatic carbocycles. The Balaban J connectivity index is 2.10. The maximum Gasteiger partial charge on any atom is 0.114 e. The molecule has 1 aliphatic rings. The standard InChI is InChI=1S/C14H26O5/c1-2-3-4-5-6-7-8-18-12-10-19-14(13(12)17)11(16)9-15/h2-3,11-17H,4-10H2,1H3/b3-2+/t11-,12+,13+,14+/m1/s1. The minimum atomic E-state index is -1.05. The van der Waals surface area contributed by atoms with E-state index in [2.05, 4.69) is 12.2 Å². The van der Waals surface area contributed by atoms with Crippen LogP contribution in [0.25, 0.3) is 0 Å². The van der Waals surface area contributed by atoms with E-state index in [0.29, 0.717) is 6.61 Å². The van der Waals surface area contributed by atoms with Crippen molar-refractivity contribution in [3.63, 3.8) is 0 Å². The van der Waals surface area contributed by atoms with E-state index >= 15 is 0 Å². The minimum absolute atomic E-state index is 0.265. The SMILES string of the molecule is C/C=C/CCCCCO[C@H]1CO[C@@H]([C@H](O)CO)[C@H]1O. The molecule has 1 fully saturated rings. The molecule has 0 aromatic rings. The van der Waals surface area contributed by atoms with E-state index in [4.69, 9.17) is 14.6 Å². The highest BCUT2D eigenvalue weighted by Gasteiger charge is 2.40. The number of ether oxygens (including phenoxy) is 2. The van der Waals surface area contributed by atoms with Crippen molar-refractivity contribution in [3.8, 4) is 0 Å². The molecule has 3 N–H and O–H groups in total. The molecule has 4 atom stereocenters. The van der Waals surface area contributed by atoms with Crippen LogP contribution in [0.4, 0.5) is 0 Å². The van der Waals surface area contributed by atoms with Crippen LogP contribution in [0.2, 0.25) is 0 Å². The lowest BCUT2D eigenvalue weighted by Crippen LogP contribution is -2.41. The monoisotopic (exact) mass is 274 g/mol. The molecule has 0 aromatic carbocycles. The predicted octanol–water partition coefficient (Wildman–Crippen LogP) is 0.621. The van der Waals surface area contributed by atoms with E-state index in [1.54, 1.807) is 0 Å². The molecule has 0 saturated carbocycles.